The fourth-order valence-corrected chi connectivity index (χ4v) is 1.99. The van der Waals surface area contributed by atoms with Crippen molar-refractivity contribution in [2.45, 2.75) is 18.3 Å². The van der Waals surface area contributed by atoms with Crippen LogP contribution in [0.2, 0.25) is 0 Å². The standard InChI is InChI=1S/C9H15BrO2S/c1-5-8(11-3)7(10)6-9(2,13)12-4/h5,13H,1,6H2,2-4H3/b8-7-. The predicted molar refractivity (Wildman–Crippen MR) is 62.2 cm³/mol. The first-order valence-electron chi connectivity index (χ1n) is 3.79. The highest BCUT2D eigenvalue weighted by molar-refractivity contribution is 9.11. The van der Waals surface area contributed by atoms with Gasteiger partial charge in [0, 0.05) is 18.0 Å². The molecule has 0 bridgehead atoms. The van der Waals surface area contributed by atoms with Gasteiger partial charge in [0.2, 0.25) is 0 Å². The molecule has 0 aromatic carbocycles. The lowest BCUT2D eigenvalue weighted by Gasteiger charge is -2.21. The highest BCUT2D eigenvalue weighted by Gasteiger charge is 2.20. The molecule has 0 aliphatic heterocycles. The van der Waals surface area contributed by atoms with Crippen LogP contribution >= 0.6 is 28.6 Å². The molecule has 1 atom stereocenters. The monoisotopic (exact) mass is 266 g/mol. The highest BCUT2D eigenvalue weighted by atomic mass is 79.9. The number of thiol groups is 1. The van der Waals surface area contributed by atoms with Crippen LogP contribution in [0.5, 0.6) is 0 Å². The van der Waals surface area contributed by atoms with Crippen molar-refractivity contribution in [2.75, 3.05) is 14.2 Å². The quantitative estimate of drug-likeness (QED) is 0.357. The largest absolute Gasteiger partial charge is 0.496 e. The van der Waals surface area contributed by atoms with Crippen molar-refractivity contribution in [2.24, 2.45) is 0 Å². The minimum absolute atomic E-state index is 0.494. The van der Waals surface area contributed by atoms with E-state index in [1.165, 1.54) is 0 Å². The van der Waals surface area contributed by atoms with E-state index in [-0.39, 0.29) is 0 Å². The van der Waals surface area contributed by atoms with Gasteiger partial charge in [-0.2, -0.15) is 0 Å². The van der Waals surface area contributed by atoms with Gasteiger partial charge in [-0.05, 0) is 13.0 Å². The Morgan fingerprint density at radius 2 is 2.15 bits per heavy atom. The first-order chi connectivity index (χ1) is 5.96. The summed E-state index contributed by atoms with van der Waals surface area (Å²) in [6, 6.07) is 0. The van der Waals surface area contributed by atoms with Crippen LogP contribution in [0.25, 0.3) is 0 Å². The van der Waals surface area contributed by atoms with Crippen LogP contribution in [0, 0.1) is 0 Å². The number of rotatable bonds is 5. The van der Waals surface area contributed by atoms with Gasteiger partial charge < -0.3 is 9.47 Å². The Morgan fingerprint density at radius 3 is 2.46 bits per heavy atom. The lowest BCUT2D eigenvalue weighted by atomic mass is 10.2. The van der Waals surface area contributed by atoms with Gasteiger partial charge in [0.25, 0.3) is 0 Å². The average molecular weight is 267 g/mol. The summed E-state index contributed by atoms with van der Waals surface area (Å²) in [6.07, 6.45) is 2.27. The van der Waals surface area contributed by atoms with E-state index in [0.29, 0.717) is 12.2 Å². The topological polar surface area (TPSA) is 18.5 Å². The Kier molecular flexibility index (Phi) is 5.76. The molecule has 0 fully saturated rings. The molecule has 0 aliphatic carbocycles. The number of methoxy groups -OCH3 is 2. The lowest BCUT2D eigenvalue weighted by molar-refractivity contribution is 0.0903. The molecule has 13 heavy (non-hydrogen) atoms. The van der Waals surface area contributed by atoms with Crippen molar-refractivity contribution in [3.05, 3.63) is 22.9 Å². The van der Waals surface area contributed by atoms with Crippen LogP contribution in [-0.4, -0.2) is 19.2 Å². The maximum absolute atomic E-state index is 5.16. The average Bonchev–Trinajstić information content (AvgIpc) is 2.06. The third-order valence-electron chi connectivity index (χ3n) is 1.60. The van der Waals surface area contributed by atoms with Crippen molar-refractivity contribution in [1.29, 1.82) is 0 Å². The molecule has 0 N–H and O–H groups in total. The van der Waals surface area contributed by atoms with Crippen LogP contribution in [0.3, 0.4) is 0 Å². The zero-order valence-corrected chi connectivity index (χ0v) is 10.6. The molecule has 0 spiro atoms. The highest BCUT2D eigenvalue weighted by Crippen LogP contribution is 2.29. The van der Waals surface area contributed by atoms with Gasteiger partial charge >= 0.3 is 0 Å². The number of hydrogen-bond donors (Lipinski definition) is 1. The third kappa shape index (κ3) is 4.74. The molecule has 0 heterocycles. The summed E-state index contributed by atoms with van der Waals surface area (Å²) in [6.45, 7) is 5.51. The molecule has 0 saturated carbocycles. The SMILES string of the molecule is C=C/C(OC)=C(/Br)CC(C)(S)OC. The molecular weight excluding hydrogens is 252 g/mol. The fourth-order valence-electron chi connectivity index (χ4n) is 0.752. The summed E-state index contributed by atoms with van der Waals surface area (Å²) in [7, 11) is 3.22. The van der Waals surface area contributed by atoms with Gasteiger partial charge in [0.15, 0.2) is 0 Å². The number of halogens is 1. The number of ether oxygens (including phenoxy) is 2. The Balaban J connectivity index is 4.51. The first-order valence-corrected chi connectivity index (χ1v) is 5.03. The summed E-state index contributed by atoms with van der Waals surface area (Å²) < 4.78 is 11.1. The van der Waals surface area contributed by atoms with Crippen molar-refractivity contribution in [1.82, 2.24) is 0 Å². The zero-order valence-electron chi connectivity index (χ0n) is 8.13. The molecule has 1 unspecified atom stereocenters. The van der Waals surface area contributed by atoms with Gasteiger partial charge in [0.1, 0.15) is 10.7 Å². The van der Waals surface area contributed by atoms with Crippen LogP contribution in [0.1, 0.15) is 13.3 Å². The second-order valence-electron chi connectivity index (χ2n) is 2.73. The molecule has 0 amide bonds. The van der Waals surface area contributed by atoms with E-state index in [4.69, 9.17) is 9.47 Å². The van der Waals surface area contributed by atoms with Gasteiger partial charge in [-0.1, -0.05) is 22.5 Å². The van der Waals surface area contributed by atoms with Gasteiger partial charge in [0.05, 0.1) is 7.11 Å². The van der Waals surface area contributed by atoms with Crippen molar-refractivity contribution < 1.29 is 9.47 Å². The van der Waals surface area contributed by atoms with E-state index in [9.17, 15) is 0 Å². The summed E-state index contributed by atoms with van der Waals surface area (Å²) in [4.78, 5) is -0.494. The third-order valence-corrected chi connectivity index (χ3v) is 2.61. The van der Waals surface area contributed by atoms with Crippen LogP contribution in [0.4, 0.5) is 0 Å². The second kappa shape index (κ2) is 5.73. The molecule has 0 aromatic heterocycles. The second-order valence-corrected chi connectivity index (χ2v) is 4.64. The molecule has 76 valence electrons. The zero-order chi connectivity index (χ0) is 10.5. The van der Waals surface area contributed by atoms with E-state index in [2.05, 4.69) is 35.1 Å². The minimum atomic E-state index is -0.494. The van der Waals surface area contributed by atoms with Crippen LogP contribution in [0.15, 0.2) is 22.9 Å². The predicted octanol–water partition coefficient (Wildman–Crippen LogP) is 3.11. The Morgan fingerprint density at radius 1 is 1.62 bits per heavy atom. The van der Waals surface area contributed by atoms with Crippen LogP contribution < -0.4 is 0 Å². The van der Waals surface area contributed by atoms with E-state index < -0.39 is 4.93 Å². The van der Waals surface area contributed by atoms with E-state index in [1.54, 1.807) is 20.3 Å². The number of allylic oxidation sites excluding steroid dienone is 1. The Hall–Kier alpha value is 0.0700. The lowest BCUT2D eigenvalue weighted by Crippen LogP contribution is -2.19. The van der Waals surface area contributed by atoms with Crippen molar-refractivity contribution in [3.8, 4) is 0 Å². The maximum atomic E-state index is 5.16. The molecular formula is C9H15BrO2S. The van der Waals surface area contributed by atoms with Gasteiger partial charge in [-0.15, -0.1) is 12.6 Å². The molecule has 0 aromatic rings. The molecule has 0 rings (SSSR count). The minimum Gasteiger partial charge on any atom is -0.496 e. The fraction of sp³-hybridized carbons (Fsp3) is 0.556. The Labute approximate surface area is 93.5 Å². The van der Waals surface area contributed by atoms with E-state index >= 15 is 0 Å². The molecule has 0 aliphatic rings. The number of hydrogen-bond acceptors (Lipinski definition) is 3. The smallest absolute Gasteiger partial charge is 0.128 e. The first kappa shape index (κ1) is 13.1. The summed E-state index contributed by atoms with van der Waals surface area (Å²) in [5.41, 5.74) is 0. The summed E-state index contributed by atoms with van der Waals surface area (Å²) >= 11 is 7.72. The van der Waals surface area contributed by atoms with Crippen molar-refractivity contribution in [3.63, 3.8) is 0 Å². The maximum Gasteiger partial charge on any atom is 0.128 e. The summed E-state index contributed by atoms with van der Waals surface area (Å²) in [5, 5.41) is 0. The molecule has 4 heteroatoms. The van der Waals surface area contributed by atoms with Crippen LogP contribution in [-0.2, 0) is 9.47 Å². The Bertz CT molecular complexity index is 212. The normalized spacial score (nSPS) is 17.3. The van der Waals surface area contributed by atoms with Gasteiger partial charge in [-0.3, -0.25) is 0 Å². The molecule has 2 nitrogen and oxygen atoms in total. The van der Waals surface area contributed by atoms with E-state index in [0.717, 1.165) is 4.48 Å². The summed E-state index contributed by atoms with van der Waals surface area (Å²) in [5.74, 6) is 0.706. The molecule has 0 radical (unpaired) electrons. The van der Waals surface area contributed by atoms with E-state index in [1.807, 2.05) is 6.92 Å². The van der Waals surface area contributed by atoms with Gasteiger partial charge in [-0.25, -0.2) is 0 Å². The molecule has 0 saturated heterocycles. The van der Waals surface area contributed by atoms with Crippen molar-refractivity contribution >= 4 is 28.6 Å².